The van der Waals surface area contributed by atoms with Crippen molar-refractivity contribution in [3.8, 4) is 0 Å². The molecule has 0 aliphatic carbocycles. The summed E-state index contributed by atoms with van der Waals surface area (Å²) >= 11 is 0. The summed E-state index contributed by atoms with van der Waals surface area (Å²) in [5, 5.41) is 14.6. The van der Waals surface area contributed by atoms with Crippen molar-refractivity contribution in [2.24, 2.45) is 0 Å². The predicted octanol–water partition coefficient (Wildman–Crippen LogP) is 3.36. The van der Waals surface area contributed by atoms with Crippen LogP contribution in [0.15, 0.2) is 36.7 Å². The molecule has 3 aromatic rings. The number of aliphatic hydroxyl groups excluding tert-OH is 1. The maximum absolute atomic E-state index is 13.5. The summed E-state index contributed by atoms with van der Waals surface area (Å²) in [5.41, 5.74) is 1.81. The van der Waals surface area contributed by atoms with Gasteiger partial charge in [-0.1, -0.05) is 12.1 Å². The first kappa shape index (κ1) is 27.4. The summed E-state index contributed by atoms with van der Waals surface area (Å²) in [6.07, 6.45) is 4.67. The second kappa shape index (κ2) is 12.0. The highest BCUT2D eigenvalue weighted by atomic mass is 16.6. The minimum atomic E-state index is -0.679. The van der Waals surface area contributed by atoms with E-state index < -0.39 is 11.7 Å². The molecule has 2 saturated heterocycles. The molecule has 2 aliphatic rings. The van der Waals surface area contributed by atoms with Crippen LogP contribution in [0.5, 0.6) is 0 Å². The Morgan fingerprint density at radius 3 is 2.44 bits per heavy atom. The second-order valence-electron chi connectivity index (χ2n) is 11.2. The summed E-state index contributed by atoms with van der Waals surface area (Å²) in [6, 6.07) is 8.11. The van der Waals surface area contributed by atoms with Crippen molar-refractivity contribution >= 4 is 28.8 Å². The molecule has 5 rings (SSSR count). The first-order valence-corrected chi connectivity index (χ1v) is 13.8. The van der Waals surface area contributed by atoms with Crippen LogP contribution >= 0.6 is 0 Å². The van der Waals surface area contributed by atoms with E-state index in [1.54, 1.807) is 12.4 Å². The van der Waals surface area contributed by atoms with Crippen molar-refractivity contribution in [2.45, 2.75) is 51.8 Å². The standard InChI is InChI=1S/C28H39N7O4/c1-28(2,3)39-27(37)34(23-6-4-21(5-7-23)20-33-12-10-32(11-13-33)14-15-36)26-29-18-22-19-30-35(25(22)31-26)24-8-16-38-17-9-24/h4-7,18-19,24,36H,8-17,20H2,1-3H3. The Morgan fingerprint density at radius 1 is 1.08 bits per heavy atom. The molecule has 2 aliphatic heterocycles. The Morgan fingerprint density at radius 2 is 1.77 bits per heavy atom. The molecule has 11 nitrogen and oxygen atoms in total. The first-order valence-electron chi connectivity index (χ1n) is 13.8. The summed E-state index contributed by atoms with van der Waals surface area (Å²) in [4.78, 5) is 28.9. The minimum absolute atomic E-state index is 0.193. The average Bonchev–Trinajstić information content (AvgIpc) is 3.34. The van der Waals surface area contributed by atoms with Crippen LogP contribution in [0.25, 0.3) is 11.0 Å². The molecule has 4 heterocycles. The number of hydrogen-bond donors (Lipinski definition) is 1. The highest BCUT2D eigenvalue weighted by Crippen LogP contribution is 2.29. The fraction of sp³-hybridized carbons (Fsp3) is 0.571. The second-order valence-corrected chi connectivity index (χ2v) is 11.2. The van der Waals surface area contributed by atoms with Crippen LogP contribution in [-0.4, -0.2) is 98.9 Å². The van der Waals surface area contributed by atoms with Crippen LogP contribution in [0.4, 0.5) is 16.4 Å². The lowest BCUT2D eigenvalue weighted by molar-refractivity contribution is 0.0597. The Kier molecular flexibility index (Phi) is 8.41. The van der Waals surface area contributed by atoms with Gasteiger partial charge in [-0.25, -0.2) is 19.4 Å². The summed E-state index contributed by atoms with van der Waals surface area (Å²) in [7, 11) is 0. The number of nitrogens with zero attached hydrogens (tertiary/aromatic N) is 7. The maximum atomic E-state index is 13.5. The number of aliphatic hydroxyl groups is 1. The molecule has 39 heavy (non-hydrogen) atoms. The zero-order valence-corrected chi connectivity index (χ0v) is 23.1. The smallest absolute Gasteiger partial charge is 0.421 e. The molecule has 11 heteroatoms. The molecule has 1 N–H and O–H groups in total. The number of carbonyl (C=O) groups is 1. The van der Waals surface area contributed by atoms with E-state index in [4.69, 9.17) is 14.5 Å². The number of hydrogen-bond acceptors (Lipinski definition) is 9. The number of ether oxygens (including phenoxy) is 2. The number of rotatable bonds is 7. The lowest BCUT2D eigenvalue weighted by atomic mass is 10.1. The van der Waals surface area contributed by atoms with Crippen molar-refractivity contribution in [3.05, 3.63) is 42.2 Å². The third-order valence-corrected chi connectivity index (χ3v) is 7.12. The molecule has 1 aromatic carbocycles. The van der Waals surface area contributed by atoms with Crippen molar-refractivity contribution in [2.75, 3.05) is 57.4 Å². The molecular weight excluding hydrogens is 498 g/mol. The van der Waals surface area contributed by atoms with Gasteiger partial charge in [0.25, 0.3) is 0 Å². The molecule has 1 amide bonds. The molecule has 0 bridgehead atoms. The largest absolute Gasteiger partial charge is 0.443 e. The maximum Gasteiger partial charge on any atom is 0.421 e. The van der Waals surface area contributed by atoms with Crippen LogP contribution in [0.2, 0.25) is 0 Å². The molecule has 0 saturated carbocycles. The van der Waals surface area contributed by atoms with Gasteiger partial charge >= 0.3 is 6.09 Å². The molecule has 0 radical (unpaired) electrons. The fourth-order valence-electron chi connectivity index (χ4n) is 5.06. The molecular formula is C28H39N7O4. The molecule has 210 valence electrons. The number of β-amino-alcohol motifs (C(OH)–C–C–N with tert-alkyl or cyclic N) is 1. The summed E-state index contributed by atoms with van der Waals surface area (Å²) in [5.74, 6) is 0.248. The van der Waals surface area contributed by atoms with Crippen molar-refractivity contribution in [1.29, 1.82) is 0 Å². The lowest BCUT2D eigenvalue weighted by Gasteiger charge is -2.34. The Hall–Kier alpha value is -3.12. The van der Waals surface area contributed by atoms with Gasteiger partial charge in [-0.3, -0.25) is 9.80 Å². The minimum Gasteiger partial charge on any atom is -0.443 e. The zero-order chi connectivity index (χ0) is 27.4. The van der Waals surface area contributed by atoms with Crippen molar-refractivity contribution < 1.29 is 19.4 Å². The van der Waals surface area contributed by atoms with E-state index in [1.807, 2.05) is 49.7 Å². The van der Waals surface area contributed by atoms with Gasteiger partial charge in [-0.15, -0.1) is 0 Å². The Labute approximate surface area is 229 Å². The number of piperazine rings is 1. The first-order chi connectivity index (χ1) is 18.8. The van der Waals surface area contributed by atoms with E-state index in [9.17, 15) is 9.90 Å². The number of amides is 1. The van der Waals surface area contributed by atoms with Gasteiger partial charge in [0, 0.05) is 58.7 Å². The van der Waals surface area contributed by atoms with Gasteiger partial charge in [0.1, 0.15) is 5.60 Å². The molecule has 0 atom stereocenters. The third-order valence-electron chi connectivity index (χ3n) is 7.12. The quantitative estimate of drug-likeness (QED) is 0.485. The summed E-state index contributed by atoms with van der Waals surface area (Å²) in [6.45, 7) is 12.5. The fourth-order valence-corrected chi connectivity index (χ4v) is 5.06. The van der Waals surface area contributed by atoms with Crippen molar-refractivity contribution in [1.82, 2.24) is 29.5 Å². The zero-order valence-electron chi connectivity index (χ0n) is 23.1. The van der Waals surface area contributed by atoms with Gasteiger partial charge in [0.05, 0.1) is 29.9 Å². The van der Waals surface area contributed by atoms with Gasteiger partial charge in [0.2, 0.25) is 5.95 Å². The monoisotopic (exact) mass is 537 g/mol. The molecule has 0 spiro atoms. The van der Waals surface area contributed by atoms with E-state index >= 15 is 0 Å². The van der Waals surface area contributed by atoms with Gasteiger partial charge in [-0.2, -0.15) is 10.1 Å². The highest BCUT2D eigenvalue weighted by Gasteiger charge is 2.28. The third kappa shape index (κ3) is 6.73. The van der Waals surface area contributed by atoms with Gasteiger partial charge in [-0.05, 0) is 51.3 Å². The van der Waals surface area contributed by atoms with Crippen LogP contribution in [0.1, 0.15) is 45.2 Å². The van der Waals surface area contributed by atoms with Crippen LogP contribution < -0.4 is 4.90 Å². The topological polar surface area (TPSA) is 109 Å². The van der Waals surface area contributed by atoms with E-state index in [1.165, 1.54) is 4.90 Å². The van der Waals surface area contributed by atoms with Crippen LogP contribution in [0, 0.1) is 0 Å². The van der Waals surface area contributed by atoms with E-state index in [0.717, 1.165) is 63.1 Å². The van der Waals surface area contributed by atoms with Crippen LogP contribution in [-0.2, 0) is 16.0 Å². The lowest BCUT2D eigenvalue weighted by Crippen LogP contribution is -2.46. The van der Waals surface area contributed by atoms with Gasteiger partial charge < -0.3 is 14.6 Å². The number of aromatic nitrogens is 4. The Balaban J connectivity index is 1.39. The summed E-state index contributed by atoms with van der Waals surface area (Å²) < 4.78 is 13.2. The Bertz CT molecular complexity index is 1240. The van der Waals surface area contributed by atoms with Gasteiger partial charge in [0.15, 0.2) is 5.65 Å². The predicted molar refractivity (Wildman–Crippen MR) is 148 cm³/mol. The number of benzene rings is 1. The molecule has 2 fully saturated rings. The SMILES string of the molecule is CC(C)(C)OC(=O)N(c1ccc(CN2CCN(CCO)CC2)cc1)c1ncc2cnn(C3CCOCC3)c2n1. The van der Waals surface area contributed by atoms with E-state index in [-0.39, 0.29) is 18.6 Å². The normalized spacial score (nSPS) is 17.9. The number of fused-ring (bicyclic) bond motifs is 1. The molecule has 2 aromatic heterocycles. The number of anilines is 2. The van der Waals surface area contributed by atoms with E-state index in [2.05, 4.69) is 19.9 Å². The van der Waals surface area contributed by atoms with Crippen LogP contribution in [0.3, 0.4) is 0 Å². The van der Waals surface area contributed by atoms with Crippen molar-refractivity contribution in [3.63, 3.8) is 0 Å². The number of carbonyl (C=O) groups excluding carboxylic acids is 1. The average molecular weight is 538 g/mol. The van der Waals surface area contributed by atoms with E-state index in [0.29, 0.717) is 24.5 Å². The highest BCUT2D eigenvalue weighted by molar-refractivity contribution is 5.95. The molecule has 0 unspecified atom stereocenters.